The average Bonchev–Trinajstić information content (AvgIpc) is 2.71. The molecular formula is C16H32N2. The summed E-state index contributed by atoms with van der Waals surface area (Å²) in [6.07, 6.45) is 7.33. The van der Waals surface area contributed by atoms with Crippen LogP contribution in [0.1, 0.15) is 59.8 Å². The molecule has 2 nitrogen and oxygen atoms in total. The zero-order valence-electron chi connectivity index (χ0n) is 12.8. The van der Waals surface area contributed by atoms with Gasteiger partial charge in [-0.15, -0.1) is 0 Å². The van der Waals surface area contributed by atoms with E-state index in [0.717, 1.165) is 18.5 Å². The molecule has 2 aliphatic rings. The van der Waals surface area contributed by atoms with E-state index in [1.165, 1.54) is 45.2 Å². The van der Waals surface area contributed by atoms with Crippen LogP contribution in [-0.4, -0.2) is 36.6 Å². The van der Waals surface area contributed by atoms with Crippen LogP contribution >= 0.6 is 0 Å². The van der Waals surface area contributed by atoms with Gasteiger partial charge in [-0.05, 0) is 43.7 Å². The summed E-state index contributed by atoms with van der Waals surface area (Å²) in [5.74, 6) is 1.01. The number of hydrogen-bond donors (Lipinski definition) is 1. The van der Waals surface area contributed by atoms with Gasteiger partial charge in [0.2, 0.25) is 0 Å². The number of fused-ring (bicyclic) bond motifs is 1. The van der Waals surface area contributed by atoms with Crippen molar-refractivity contribution >= 4 is 0 Å². The molecule has 1 heterocycles. The summed E-state index contributed by atoms with van der Waals surface area (Å²) in [7, 11) is 0. The highest BCUT2D eigenvalue weighted by Crippen LogP contribution is 2.36. The Morgan fingerprint density at radius 2 is 1.89 bits per heavy atom. The normalized spacial score (nSPS) is 31.3. The number of rotatable bonds is 4. The van der Waals surface area contributed by atoms with Gasteiger partial charge in [-0.1, -0.05) is 40.5 Å². The van der Waals surface area contributed by atoms with E-state index in [4.69, 9.17) is 0 Å². The molecule has 2 heteroatoms. The number of likely N-dealkylation sites (tertiary alicyclic amines) is 1. The largest absolute Gasteiger partial charge is 0.312 e. The molecular weight excluding hydrogens is 220 g/mol. The van der Waals surface area contributed by atoms with E-state index < -0.39 is 0 Å². The summed E-state index contributed by atoms with van der Waals surface area (Å²) in [5.41, 5.74) is 0.364. The summed E-state index contributed by atoms with van der Waals surface area (Å²) >= 11 is 0. The van der Waals surface area contributed by atoms with Crippen molar-refractivity contribution in [2.45, 2.75) is 71.9 Å². The molecule has 0 radical (unpaired) electrons. The first kappa shape index (κ1) is 14.3. The molecule has 2 rings (SSSR count). The van der Waals surface area contributed by atoms with E-state index in [1.807, 2.05) is 0 Å². The lowest BCUT2D eigenvalue weighted by molar-refractivity contribution is 0.133. The lowest BCUT2D eigenvalue weighted by Crippen LogP contribution is -2.50. The Morgan fingerprint density at radius 3 is 2.56 bits per heavy atom. The Kier molecular flexibility index (Phi) is 4.71. The van der Waals surface area contributed by atoms with Crippen LogP contribution in [0.4, 0.5) is 0 Å². The molecule has 3 atom stereocenters. The van der Waals surface area contributed by atoms with Crippen molar-refractivity contribution in [2.75, 3.05) is 19.6 Å². The van der Waals surface area contributed by atoms with Crippen LogP contribution in [0, 0.1) is 11.3 Å². The van der Waals surface area contributed by atoms with Crippen molar-refractivity contribution in [3.8, 4) is 0 Å². The minimum Gasteiger partial charge on any atom is -0.312 e. The van der Waals surface area contributed by atoms with Crippen LogP contribution in [0.5, 0.6) is 0 Å². The van der Waals surface area contributed by atoms with Crippen molar-refractivity contribution in [1.29, 1.82) is 0 Å². The first-order valence-electron chi connectivity index (χ1n) is 7.99. The molecule has 1 N–H and O–H groups in total. The van der Waals surface area contributed by atoms with E-state index >= 15 is 0 Å². The van der Waals surface area contributed by atoms with Gasteiger partial charge in [0.25, 0.3) is 0 Å². The highest BCUT2D eigenvalue weighted by molar-refractivity contribution is 4.93. The minimum absolute atomic E-state index is 0.364. The van der Waals surface area contributed by atoms with E-state index in [1.54, 1.807) is 0 Å². The summed E-state index contributed by atoms with van der Waals surface area (Å²) in [5, 5.41) is 3.70. The maximum atomic E-state index is 3.70. The fourth-order valence-corrected chi connectivity index (χ4v) is 3.86. The third-order valence-electron chi connectivity index (χ3n) is 5.04. The second-order valence-electron chi connectivity index (χ2n) is 7.37. The van der Waals surface area contributed by atoms with E-state index in [-0.39, 0.29) is 0 Å². The van der Waals surface area contributed by atoms with Crippen LogP contribution in [0.2, 0.25) is 0 Å². The Labute approximate surface area is 114 Å². The van der Waals surface area contributed by atoms with Gasteiger partial charge in [0.15, 0.2) is 0 Å². The standard InChI is InChI=1S/C16H32N2/c1-5-17-15(16(2,3)4)12-18-11-10-13-8-6-7-9-14(13)18/h13-15,17H,5-12H2,1-4H3. The molecule has 1 saturated carbocycles. The first-order chi connectivity index (χ1) is 8.52. The number of hydrogen-bond acceptors (Lipinski definition) is 2. The van der Waals surface area contributed by atoms with Crippen LogP contribution in [0.15, 0.2) is 0 Å². The Morgan fingerprint density at radius 1 is 1.17 bits per heavy atom. The molecule has 3 unspecified atom stereocenters. The van der Waals surface area contributed by atoms with Gasteiger partial charge in [0, 0.05) is 18.6 Å². The van der Waals surface area contributed by atoms with Crippen molar-refractivity contribution in [1.82, 2.24) is 10.2 Å². The fourth-order valence-electron chi connectivity index (χ4n) is 3.86. The predicted octanol–water partition coefficient (Wildman–Crippen LogP) is 3.28. The molecule has 1 aliphatic heterocycles. The lowest BCUT2D eigenvalue weighted by Gasteiger charge is -2.38. The van der Waals surface area contributed by atoms with Crippen LogP contribution in [0.25, 0.3) is 0 Å². The zero-order valence-corrected chi connectivity index (χ0v) is 12.8. The van der Waals surface area contributed by atoms with Crippen LogP contribution in [0.3, 0.4) is 0 Å². The molecule has 2 fully saturated rings. The summed E-state index contributed by atoms with van der Waals surface area (Å²) in [4.78, 5) is 2.79. The smallest absolute Gasteiger partial charge is 0.0243 e. The van der Waals surface area contributed by atoms with Crippen LogP contribution in [-0.2, 0) is 0 Å². The van der Waals surface area contributed by atoms with Crippen molar-refractivity contribution in [3.63, 3.8) is 0 Å². The third kappa shape index (κ3) is 3.27. The number of likely N-dealkylation sites (N-methyl/N-ethyl adjacent to an activating group) is 1. The van der Waals surface area contributed by atoms with Gasteiger partial charge in [-0.3, -0.25) is 4.90 Å². The van der Waals surface area contributed by atoms with Gasteiger partial charge >= 0.3 is 0 Å². The Balaban J connectivity index is 1.94. The molecule has 0 aromatic carbocycles. The van der Waals surface area contributed by atoms with Gasteiger partial charge in [-0.25, -0.2) is 0 Å². The predicted molar refractivity (Wildman–Crippen MR) is 78.9 cm³/mol. The fraction of sp³-hybridized carbons (Fsp3) is 1.00. The molecule has 1 saturated heterocycles. The number of nitrogens with zero attached hydrogens (tertiary/aromatic N) is 1. The minimum atomic E-state index is 0.364. The molecule has 106 valence electrons. The summed E-state index contributed by atoms with van der Waals surface area (Å²) in [6, 6.07) is 1.53. The highest BCUT2D eigenvalue weighted by Gasteiger charge is 2.37. The van der Waals surface area contributed by atoms with Gasteiger partial charge in [0.1, 0.15) is 0 Å². The molecule has 0 bridgehead atoms. The van der Waals surface area contributed by atoms with Crippen molar-refractivity contribution < 1.29 is 0 Å². The maximum absolute atomic E-state index is 3.70. The summed E-state index contributed by atoms with van der Waals surface area (Å²) in [6.45, 7) is 13.0. The molecule has 18 heavy (non-hydrogen) atoms. The molecule has 0 aromatic rings. The highest BCUT2D eigenvalue weighted by atomic mass is 15.2. The molecule has 1 aliphatic carbocycles. The molecule has 0 aromatic heterocycles. The maximum Gasteiger partial charge on any atom is 0.0243 e. The Hall–Kier alpha value is -0.0800. The zero-order chi connectivity index (χ0) is 13.2. The second kappa shape index (κ2) is 5.92. The van der Waals surface area contributed by atoms with Crippen LogP contribution < -0.4 is 5.32 Å². The number of nitrogens with one attached hydrogen (secondary N) is 1. The van der Waals surface area contributed by atoms with E-state index in [2.05, 4.69) is 37.9 Å². The monoisotopic (exact) mass is 252 g/mol. The second-order valence-corrected chi connectivity index (χ2v) is 7.37. The van der Waals surface area contributed by atoms with Gasteiger partial charge < -0.3 is 5.32 Å². The Bertz CT molecular complexity index is 256. The van der Waals surface area contributed by atoms with Crippen molar-refractivity contribution in [3.05, 3.63) is 0 Å². The van der Waals surface area contributed by atoms with Gasteiger partial charge in [0.05, 0.1) is 0 Å². The molecule has 0 spiro atoms. The van der Waals surface area contributed by atoms with E-state index in [0.29, 0.717) is 11.5 Å². The van der Waals surface area contributed by atoms with Gasteiger partial charge in [-0.2, -0.15) is 0 Å². The lowest BCUT2D eigenvalue weighted by atomic mass is 9.83. The SMILES string of the molecule is CCNC(CN1CCC2CCCCC21)C(C)(C)C. The van der Waals surface area contributed by atoms with Crippen molar-refractivity contribution in [2.24, 2.45) is 11.3 Å². The quantitative estimate of drug-likeness (QED) is 0.826. The average molecular weight is 252 g/mol. The third-order valence-corrected chi connectivity index (χ3v) is 5.04. The molecule has 0 amide bonds. The summed E-state index contributed by atoms with van der Waals surface area (Å²) < 4.78 is 0. The van der Waals surface area contributed by atoms with E-state index in [9.17, 15) is 0 Å². The topological polar surface area (TPSA) is 15.3 Å². The first-order valence-corrected chi connectivity index (χ1v) is 7.99.